The first-order valence-corrected chi connectivity index (χ1v) is 6.50. The van der Waals surface area contributed by atoms with Crippen LogP contribution in [-0.4, -0.2) is 25.3 Å². The van der Waals surface area contributed by atoms with Crippen molar-refractivity contribution in [3.8, 4) is 0 Å². The van der Waals surface area contributed by atoms with Crippen molar-refractivity contribution in [1.82, 2.24) is 14.2 Å². The zero-order valence-corrected chi connectivity index (χ0v) is 11.5. The molecule has 1 aromatic carbocycles. The summed E-state index contributed by atoms with van der Waals surface area (Å²) in [6.45, 7) is 0.180. The van der Waals surface area contributed by atoms with Gasteiger partial charge in [-0.3, -0.25) is 4.40 Å². The molecule has 0 saturated carbocycles. The van der Waals surface area contributed by atoms with Gasteiger partial charge >= 0.3 is 11.7 Å². The molecular weight excluding hydrogens is 294 g/mol. The third-order valence-electron chi connectivity index (χ3n) is 3.11. The van der Waals surface area contributed by atoms with E-state index in [2.05, 4.69) is 5.10 Å². The molecule has 0 bridgehead atoms. The smallest absolute Gasteiger partial charge is 0.350 e. The number of pyridine rings is 1. The predicted molar refractivity (Wildman–Crippen MR) is 77.0 cm³/mol. The highest BCUT2D eigenvalue weighted by molar-refractivity contribution is 6.31. The van der Waals surface area contributed by atoms with E-state index in [1.807, 2.05) is 0 Å². The molecule has 3 rings (SSSR count). The number of hydrogen-bond acceptors (Lipinski definition) is 3. The first-order valence-electron chi connectivity index (χ1n) is 6.12. The first kappa shape index (κ1) is 13.4. The van der Waals surface area contributed by atoms with E-state index >= 15 is 0 Å². The lowest BCUT2D eigenvalue weighted by Gasteiger charge is -2.04. The normalized spacial score (nSPS) is 10.9. The summed E-state index contributed by atoms with van der Waals surface area (Å²) in [4.78, 5) is 23.0. The fourth-order valence-corrected chi connectivity index (χ4v) is 2.28. The third kappa shape index (κ3) is 2.41. The molecule has 0 saturated heterocycles. The molecule has 106 valence electrons. The van der Waals surface area contributed by atoms with Gasteiger partial charge in [0, 0.05) is 11.2 Å². The van der Waals surface area contributed by atoms with Gasteiger partial charge in [0.1, 0.15) is 0 Å². The largest absolute Gasteiger partial charge is 0.478 e. The lowest BCUT2D eigenvalue weighted by molar-refractivity contribution is 0.0697. The molecule has 0 fully saturated rings. The number of benzene rings is 1. The molecular formula is C14H10ClN3O3. The Bertz CT molecular complexity index is 898. The molecule has 0 amide bonds. The highest BCUT2D eigenvalue weighted by Crippen LogP contribution is 2.18. The van der Waals surface area contributed by atoms with Gasteiger partial charge in [-0.15, -0.1) is 5.10 Å². The van der Waals surface area contributed by atoms with Gasteiger partial charge in [-0.1, -0.05) is 23.7 Å². The van der Waals surface area contributed by atoms with Crippen molar-refractivity contribution in [2.24, 2.45) is 0 Å². The van der Waals surface area contributed by atoms with E-state index in [1.54, 1.807) is 30.5 Å². The number of rotatable bonds is 3. The summed E-state index contributed by atoms with van der Waals surface area (Å²) in [5, 5.41) is 13.4. The fraction of sp³-hybridized carbons (Fsp3) is 0.0714. The van der Waals surface area contributed by atoms with E-state index in [1.165, 1.54) is 21.2 Å². The summed E-state index contributed by atoms with van der Waals surface area (Å²) in [5.74, 6) is -1.05. The van der Waals surface area contributed by atoms with Crippen LogP contribution in [0.3, 0.4) is 0 Å². The number of nitrogens with zero attached hydrogens (tertiary/aromatic N) is 3. The summed E-state index contributed by atoms with van der Waals surface area (Å²) < 4.78 is 2.72. The molecule has 1 N–H and O–H groups in total. The molecule has 6 nitrogen and oxygen atoms in total. The average Bonchev–Trinajstić information content (AvgIpc) is 2.78. The molecule has 0 spiro atoms. The van der Waals surface area contributed by atoms with Crippen LogP contribution in [0.15, 0.2) is 47.4 Å². The molecule has 0 aliphatic rings. The number of aromatic carboxylic acids is 1. The van der Waals surface area contributed by atoms with Crippen LogP contribution in [-0.2, 0) is 6.54 Å². The Hall–Kier alpha value is -2.60. The quantitative estimate of drug-likeness (QED) is 0.801. The van der Waals surface area contributed by atoms with Crippen LogP contribution in [0.1, 0.15) is 15.9 Å². The summed E-state index contributed by atoms with van der Waals surface area (Å²) >= 11 is 6.06. The Balaban J connectivity index is 2.01. The van der Waals surface area contributed by atoms with Gasteiger partial charge in [-0.25, -0.2) is 14.3 Å². The zero-order chi connectivity index (χ0) is 15.0. The summed E-state index contributed by atoms with van der Waals surface area (Å²) in [5.41, 5.74) is 1.00. The predicted octanol–water partition coefficient (Wildman–Crippen LogP) is 1.90. The molecule has 21 heavy (non-hydrogen) atoms. The molecule has 2 aromatic heterocycles. The molecule has 0 aliphatic heterocycles. The Morgan fingerprint density at radius 3 is 2.76 bits per heavy atom. The molecule has 7 heteroatoms. The molecule has 0 radical (unpaired) electrons. The van der Waals surface area contributed by atoms with E-state index in [4.69, 9.17) is 16.7 Å². The number of fused-ring (bicyclic) bond motifs is 1. The van der Waals surface area contributed by atoms with E-state index in [-0.39, 0.29) is 17.8 Å². The number of carboxylic acids is 1. The van der Waals surface area contributed by atoms with Gasteiger partial charge in [0.2, 0.25) is 0 Å². The van der Waals surface area contributed by atoms with Crippen molar-refractivity contribution in [3.05, 3.63) is 69.2 Å². The molecule has 3 aromatic rings. The van der Waals surface area contributed by atoms with Crippen molar-refractivity contribution in [1.29, 1.82) is 0 Å². The van der Waals surface area contributed by atoms with Crippen molar-refractivity contribution < 1.29 is 9.90 Å². The highest BCUT2D eigenvalue weighted by atomic mass is 35.5. The second kappa shape index (κ2) is 5.06. The lowest BCUT2D eigenvalue weighted by atomic mass is 10.1. The maximum Gasteiger partial charge on any atom is 0.350 e. The Morgan fingerprint density at radius 1 is 1.29 bits per heavy atom. The maximum absolute atomic E-state index is 12.1. The number of halogens is 1. The lowest BCUT2D eigenvalue weighted by Crippen LogP contribution is -2.21. The minimum atomic E-state index is -1.05. The van der Waals surface area contributed by atoms with Crippen molar-refractivity contribution in [3.63, 3.8) is 0 Å². The topological polar surface area (TPSA) is 76.6 Å². The average molecular weight is 304 g/mol. The van der Waals surface area contributed by atoms with Crippen molar-refractivity contribution in [2.45, 2.75) is 6.54 Å². The molecule has 2 heterocycles. The second-order valence-corrected chi connectivity index (χ2v) is 4.89. The minimum absolute atomic E-state index is 0.103. The van der Waals surface area contributed by atoms with Crippen LogP contribution in [0.4, 0.5) is 0 Å². The fourth-order valence-electron chi connectivity index (χ4n) is 2.04. The van der Waals surface area contributed by atoms with Crippen LogP contribution in [0.2, 0.25) is 5.02 Å². The van der Waals surface area contributed by atoms with E-state index < -0.39 is 5.97 Å². The van der Waals surface area contributed by atoms with Crippen LogP contribution in [0, 0.1) is 0 Å². The van der Waals surface area contributed by atoms with Crippen molar-refractivity contribution >= 4 is 23.2 Å². The third-order valence-corrected chi connectivity index (χ3v) is 3.46. The Kier molecular flexibility index (Phi) is 3.23. The first-order chi connectivity index (χ1) is 10.1. The second-order valence-electron chi connectivity index (χ2n) is 4.48. The van der Waals surface area contributed by atoms with E-state index in [9.17, 15) is 9.59 Å². The van der Waals surface area contributed by atoms with Gasteiger partial charge < -0.3 is 5.11 Å². The summed E-state index contributed by atoms with van der Waals surface area (Å²) in [7, 11) is 0. The highest BCUT2D eigenvalue weighted by Gasteiger charge is 2.11. The standard InChI is InChI=1S/C14H10ClN3O3/c15-11-7-9(13(19)20)4-5-10(11)8-18-14(21)17-6-2-1-3-12(17)16-18/h1-7H,8H2,(H,19,20). The van der Waals surface area contributed by atoms with Crippen LogP contribution >= 0.6 is 11.6 Å². The zero-order valence-electron chi connectivity index (χ0n) is 10.7. The monoisotopic (exact) mass is 303 g/mol. The molecule has 0 aliphatic carbocycles. The van der Waals surface area contributed by atoms with Gasteiger partial charge in [0.25, 0.3) is 0 Å². The van der Waals surface area contributed by atoms with Gasteiger partial charge in [-0.05, 0) is 29.8 Å². The van der Waals surface area contributed by atoms with Gasteiger partial charge in [-0.2, -0.15) is 0 Å². The summed E-state index contributed by atoms with van der Waals surface area (Å²) in [6.07, 6.45) is 1.64. The number of carboxylic acid groups (broad SMARTS) is 1. The Labute approximate surface area is 123 Å². The van der Waals surface area contributed by atoms with Crippen LogP contribution < -0.4 is 5.69 Å². The van der Waals surface area contributed by atoms with Crippen LogP contribution in [0.25, 0.3) is 5.65 Å². The number of carbonyl (C=O) groups is 1. The van der Waals surface area contributed by atoms with Crippen molar-refractivity contribution in [2.75, 3.05) is 0 Å². The SMILES string of the molecule is O=C(O)c1ccc(Cn2nc3ccccn3c2=O)c(Cl)c1. The van der Waals surface area contributed by atoms with Gasteiger partial charge in [0.15, 0.2) is 5.65 Å². The Morgan fingerprint density at radius 2 is 2.10 bits per heavy atom. The number of hydrogen-bond donors (Lipinski definition) is 1. The minimum Gasteiger partial charge on any atom is -0.478 e. The van der Waals surface area contributed by atoms with E-state index in [0.717, 1.165) is 0 Å². The molecule has 0 unspecified atom stereocenters. The number of aromatic nitrogens is 3. The molecule has 0 atom stereocenters. The van der Waals surface area contributed by atoms with Gasteiger partial charge in [0.05, 0.1) is 12.1 Å². The maximum atomic E-state index is 12.1. The van der Waals surface area contributed by atoms with Crippen LogP contribution in [0.5, 0.6) is 0 Å². The van der Waals surface area contributed by atoms with E-state index in [0.29, 0.717) is 16.2 Å². The summed E-state index contributed by atoms with van der Waals surface area (Å²) in [6, 6.07) is 9.66.